The Morgan fingerprint density at radius 2 is 1.88 bits per heavy atom. The Balaban J connectivity index is 1.76. The summed E-state index contributed by atoms with van der Waals surface area (Å²) in [5.74, 6) is -2.93. The van der Waals surface area contributed by atoms with Crippen LogP contribution in [0.3, 0.4) is 0 Å². The lowest BCUT2D eigenvalue weighted by Gasteiger charge is -2.38. The van der Waals surface area contributed by atoms with E-state index in [0.29, 0.717) is 24.3 Å². The molecule has 0 saturated carbocycles. The number of aromatic nitrogens is 1. The number of nitrogens with zero attached hydrogens (tertiary/aromatic N) is 3. The standard InChI is InChI=1S/C22H18F3N5O2/c1-29-9-18-20(13-6-16(24)17(25)7-14(13)21(31)28-18)19(10-29)30(2)22(32)27-12-3-4-15(23)11(5-12)8-26/h3-7,19H,9-10H2,1-2H3,(H,27,32)(H,28,31)/t19-/m0/s1. The Bertz CT molecular complexity index is 1350. The zero-order chi connectivity index (χ0) is 23.2. The zero-order valence-electron chi connectivity index (χ0n) is 17.2. The van der Waals surface area contributed by atoms with Crippen molar-refractivity contribution in [3.05, 3.63) is 75.0 Å². The lowest BCUT2D eigenvalue weighted by Crippen LogP contribution is -2.44. The molecule has 4 rings (SSSR count). The number of nitrogens with one attached hydrogen (secondary N) is 2. The number of urea groups is 1. The van der Waals surface area contributed by atoms with Crippen LogP contribution in [-0.2, 0) is 6.54 Å². The Morgan fingerprint density at radius 1 is 1.19 bits per heavy atom. The summed E-state index contributed by atoms with van der Waals surface area (Å²) in [5.41, 5.74) is 0.485. The molecule has 0 radical (unpaired) electrons. The number of amides is 2. The number of pyridine rings is 1. The first-order valence-electron chi connectivity index (χ1n) is 9.65. The van der Waals surface area contributed by atoms with Crippen molar-refractivity contribution in [2.75, 3.05) is 26.0 Å². The second kappa shape index (κ2) is 8.01. The van der Waals surface area contributed by atoms with Crippen molar-refractivity contribution in [2.45, 2.75) is 12.6 Å². The molecule has 1 aliphatic heterocycles. The number of anilines is 1. The summed E-state index contributed by atoms with van der Waals surface area (Å²) in [6.07, 6.45) is 0. The Hall–Kier alpha value is -3.84. The maximum Gasteiger partial charge on any atom is 0.322 e. The Kier molecular flexibility index (Phi) is 5.36. The Labute approximate surface area is 180 Å². The van der Waals surface area contributed by atoms with Crippen LogP contribution in [0, 0.1) is 28.8 Å². The molecule has 2 N–H and O–H groups in total. The Morgan fingerprint density at radius 3 is 2.56 bits per heavy atom. The van der Waals surface area contributed by atoms with Crippen molar-refractivity contribution in [2.24, 2.45) is 0 Å². The molecule has 0 aliphatic carbocycles. The van der Waals surface area contributed by atoms with Crippen LogP contribution in [0.5, 0.6) is 0 Å². The summed E-state index contributed by atoms with van der Waals surface area (Å²) in [5, 5.41) is 11.8. The van der Waals surface area contributed by atoms with Crippen molar-refractivity contribution >= 4 is 22.5 Å². The number of nitriles is 1. The number of carbonyl (C=O) groups excluding carboxylic acids is 1. The molecule has 0 fully saturated rings. The van der Waals surface area contributed by atoms with E-state index in [9.17, 15) is 22.8 Å². The van der Waals surface area contributed by atoms with E-state index in [1.165, 1.54) is 24.1 Å². The van der Waals surface area contributed by atoms with Crippen molar-refractivity contribution in [3.8, 4) is 6.07 Å². The smallest absolute Gasteiger partial charge is 0.322 e. The molecule has 7 nitrogen and oxygen atoms in total. The van der Waals surface area contributed by atoms with Crippen LogP contribution in [0.4, 0.5) is 23.7 Å². The van der Waals surface area contributed by atoms with Gasteiger partial charge in [0.2, 0.25) is 0 Å². The summed E-state index contributed by atoms with van der Waals surface area (Å²) in [4.78, 5) is 31.4. The highest BCUT2D eigenvalue weighted by molar-refractivity contribution is 5.91. The molecule has 2 heterocycles. The van der Waals surface area contributed by atoms with E-state index in [4.69, 9.17) is 5.26 Å². The third kappa shape index (κ3) is 3.67. The fraction of sp³-hybridized carbons (Fsp3) is 0.227. The van der Waals surface area contributed by atoms with E-state index in [1.807, 2.05) is 4.90 Å². The first-order chi connectivity index (χ1) is 15.2. The van der Waals surface area contributed by atoms with Crippen molar-refractivity contribution in [1.82, 2.24) is 14.8 Å². The SMILES string of the molecule is CN1Cc2[nH]c(=O)c3cc(F)c(F)cc3c2[C@@H](N(C)C(=O)Nc2ccc(F)c(C#N)c2)C1. The molecule has 0 spiro atoms. The van der Waals surface area contributed by atoms with Gasteiger partial charge in [0.05, 0.1) is 17.0 Å². The molecule has 0 saturated heterocycles. The third-order valence-corrected chi connectivity index (χ3v) is 5.56. The van der Waals surface area contributed by atoms with Crippen molar-refractivity contribution in [3.63, 3.8) is 0 Å². The summed E-state index contributed by atoms with van der Waals surface area (Å²) in [6.45, 7) is 0.721. The number of carbonyl (C=O) groups is 1. The molecule has 0 unspecified atom stereocenters. The van der Waals surface area contributed by atoms with E-state index in [0.717, 1.165) is 18.2 Å². The molecule has 1 atom stereocenters. The van der Waals surface area contributed by atoms with E-state index >= 15 is 0 Å². The van der Waals surface area contributed by atoms with Gasteiger partial charge >= 0.3 is 6.03 Å². The molecule has 2 amide bonds. The minimum atomic E-state index is -1.14. The molecule has 1 aliphatic rings. The predicted molar refractivity (Wildman–Crippen MR) is 111 cm³/mol. The number of H-pyrrole nitrogens is 1. The number of halogens is 3. The van der Waals surface area contributed by atoms with Gasteiger partial charge in [-0.15, -0.1) is 0 Å². The number of hydrogen-bond donors (Lipinski definition) is 2. The van der Waals surface area contributed by atoms with Gasteiger partial charge in [0.15, 0.2) is 11.6 Å². The molecular formula is C22H18F3N5O2. The van der Waals surface area contributed by atoms with Gasteiger partial charge in [0.1, 0.15) is 11.9 Å². The van der Waals surface area contributed by atoms with Crippen LogP contribution in [0.25, 0.3) is 10.8 Å². The molecule has 2 aromatic carbocycles. The monoisotopic (exact) mass is 441 g/mol. The number of rotatable bonds is 2. The average Bonchev–Trinajstić information content (AvgIpc) is 2.75. The lowest BCUT2D eigenvalue weighted by molar-refractivity contribution is 0.167. The summed E-state index contributed by atoms with van der Waals surface area (Å²) < 4.78 is 41.4. The highest BCUT2D eigenvalue weighted by atomic mass is 19.2. The number of hydrogen-bond acceptors (Lipinski definition) is 4. The predicted octanol–water partition coefficient (Wildman–Crippen LogP) is 3.47. The molecule has 32 heavy (non-hydrogen) atoms. The van der Waals surface area contributed by atoms with Gasteiger partial charge in [0, 0.05) is 37.1 Å². The quantitative estimate of drug-likeness (QED) is 0.637. The van der Waals surface area contributed by atoms with Crippen molar-refractivity contribution < 1.29 is 18.0 Å². The number of likely N-dealkylation sites (N-methyl/N-ethyl adjacent to an activating group) is 2. The van der Waals surface area contributed by atoms with Crippen LogP contribution in [-0.4, -0.2) is 41.5 Å². The second-order valence-electron chi connectivity index (χ2n) is 7.72. The lowest BCUT2D eigenvalue weighted by atomic mass is 9.93. The summed E-state index contributed by atoms with van der Waals surface area (Å²) in [7, 11) is 3.32. The van der Waals surface area contributed by atoms with Gasteiger partial charge in [-0.2, -0.15) is 5.26 Å². The molecule has 3 aromatic rings. The van der Waals surface area contributed by atoms with Crippen LogP contribution >= 0.6 is 0 Å². The fourth-order valence-electron chi connectivity index (χ4n) is 3.98. The van der Waals surface area contributed by atoms with Crippen molar-refractivity contribution in [1.29, 1.82) is 5.26 Å². The summed E-state index contributed by atoms with van der Waals surface area (Å²) >= 11 is 0. The van der Waals surface area contributed by atoms with Gasteiger partial charge in [-0.1, -0.05) is 0 Å². The molecule has 0 bridgehead atoms. The normalized spacial score (nSPS) is 15.8. The van der Waals surface area contributed by atoms with Crippen LogP contribution < -0.4 is 10.9 Å². The first kappa shape index (κ1) is 21.4. The summed E-state index contributed by atoms with van der Waals surface area (Å²) in [6, 6.07) is 5.98. The van der Waals surface area contributed by atoms with E-state index in [2.05, 4.69) is 10.3 Å². The van der Waals surface area contributed by atoms with E-state index in [1.54, 1.807) is 13.1 Å². The van der Waals surface area contributed by atoms with Crippen LogP contribution in [0.15, 0.2) is 35.1 Å². The fourth-order valence-corrected chi connectivity index (χ4v) is 3.98. The zero-order valence-corrected chi connectivity index (χ0v) is 17.2. The van der Waals surface area contributed by atoms with Crippen LogP contribution in [0.1, 0.15) is 22.9 Å². The van der Waals surface area contributed by atoms with Gasteiger partial charge in [-0.05, 0) is 42.8 Å². The minimum Gasteiger partial charge on any atom is -0.324 e. The average molecular weight is 441 g/mol. The van der Waals surface area contributed by atoms with Crippen LogP contribution in [0.2, 0.25) is 0 Å². The molecule has 10 heteroatoms. The van der Waals surface area contributed by atoms with Gasteiger partial charge in [-0.3, -0.25) is 9.69 Å². The third-order valence-electron chi connectivity index (χ3n) is 5.56. The minimum absolute atomic E-state index is 0.0109. The topological polar surface area (TPSA) is 92.2 Å². The number of benzene rings is 2. The highest BCUT2D eigenvalue weighted by Gasteiger charge is 2.32. The van der Waals surface area contributed by atoms with E-state index in [-0.39, 0.29) is 22.0 Å². The number of fused-ring (bicyclic) bond motifs is 3. The second-order valence-corrected chi connectivity index (χ2v) is 7.72. The molecule has 164 valence electrons. The van der Waals surface area contributed by atoms with Gasteiger partial charge in [0.25, 0.3) is 5.56 Å². The highest BCUT2D eigenvalue weighted by Crippen LogP contribution is 2.34. The molecule has 1 aromatic heterocycles. The van der Waals surface area contributed by atoms with Gasteiger partial charge < -0.3 is 15.2 Å². The number of aromatic amines is 1. The first-order valence-corrected chi connectivity index (χ1v) is 9.65. The molecular weight excluding hydrogens is 423 g/mol. The van der Waals surface area contributed by atoms with Gasteiger partial charge in [-0.25, -0.2) is 18.0 Å². The maximum absolute atomic E-state index is 14.1. The van der Waals surface area contributed by atoms with E-state index < -0.39 is 35.1 Å². The maximum atomic E-state index is 14.1. The largest absolute Gasteiger partial charge is 0.324 e.